The van der Waals surface area contributed by atoms with Gasteiger partial charge >= 0.3 is 0 Å². The molecule has 6 nitrogen and oxygen atoms in total. The van der Waals surface area contributed by atoms with E-state index < -0.39 is 0 Å². The summed E-state index contributed by atoms with van der Waals surface area (Å²) in [6.45, 7) is 4.18. The lowest BCUT2D eigenvalue weighted by atomic mass is 10.3. The molecule has 0 bridgehead atoms. The van der Waals surface area contributed by atoms with Crippen LogP contribution in [0.5, 0.6) is 5.88 Å². The Hall–Kier alpha value is -1.34. The lowest BCUT2D eigenvalue weighted by Gasteiger charge is -2.14. The molecule has 1 saturated heterocycles. The minimum atomic E-state index is 0.455. The van der Waals surface area contributed by atoms with Gasteiger partial charge in [-0.3, -0.25) is 5.10 Å². The fourth-order valence-corrected chi connectivity index (χ4v) is 3.07. The molecule has 20 heavy (non-hydrogen) atoms. The topological polar surface area (TPSA) is 80.1 Å². The van der Waals surface area contributed by atoms with E-state index >= 15 is 0 Å². The van der Waals surface area contributed by atoms with E-state index in [0.717, 1.165) is 28.3 Å². The standard InChI is InChI=1S/C13H18BrN5O/c14-9-8-16-13(11-10(9)12(15)18-17-11)20-7-3-6-19-4-1-2-5-19/h8H,1-7H2,(H3,15,17,18). The van der Waals surface area contributed by atoms with Gasteiger partial charge in [0.2, 0.25) is 5.88 Å². The molecule has 108 valence electrons. The lowest BCUT2D eigenvalue weighted by molar-refractivity contribution is 0.259. The Labute approximate surface area is 125 Å². The van der Waals surface area contributed by atoms with Crippen LogP contribution in [0.2, 0.25) is 0 Å². The van der Waals surface area contributed by atoms with Crippen molar-refractivity contribution in [2.75, 3.05) is 32.0 Å². The van der Waals surface area contributed by atoms with E-state index in [9.17, 15) is 0 Å². The van der Waals surface area contributed by atoms with Crippen LogP contribution in [0.25, 0.3) is 10.9 Å². The van der Waals surface area contributed by atoms with Crippen molar-refractivity contribution < 1.29 is 4.74 Å². The summed E-state index contributed by atoms with van der Waals surface area (Å²) in [5.74, 6) is 1.02. The number of anilines is 1. The Morgan fingerprint density at radius 1 is 1.40 bits per heavy atom. The van der Waals surface area contributed by atoms with Gasteiger partial charge in [-0.25, -0.2) is 4.98 Å². The summed E-state index contributed by atoms with van der Waals surface area (Å²) in [5, 5.41) is 7.71. The van der Waals surface area contributed by atoms with E-state index in [-0.39, 0.29) is 0 Å². The zero-order chi connectivity index (χ0) is 13.9. The van der Waals surface area contributed by atoms with Gasteiger partial charge in [0, 0.05) is 17.2 Å². The van der Waals surface area contributed by atoms with Crippen LogP contribution in [0.1, 0.15) is 19.3 Å². The number of rotatable bonds is 5. The smallest absolute Gasteiger partial charge is 0.240 e. The van der Waals surface area contributed by atoms with Crippen LogP contribution in [0.15, 0.2) is 10.7 Å². The monoisotopic (exact) mass is 339 g/mol. The van der Waals surface area contributed by atoms with Crippen molar-refractivity contribution in [3.8, 4) is 5.88 Å². The molecule has 2 aromatic heterocycles. The number of aromatic nitrogens is 3. The van der Waals surface area contributed by atoms with Crippen LogP contribution < -0.4 is 10.5 Å². The minimum Gasteiger partial charge on any atom is -0.476 e. The van der Waals surface area contributed by atoms with E-state index in [1.54, 1.807) is 6.20 Å². The zero-order valence-electron chi connectivity index (χ0n) is 11.2. The van der Waals surface area contributed by atoms with E-state index in [0.29, 0.717) is 18.3 Å². The maximum absolute atomic E-state index is 5.82. The molecular formula is C13H18BrN5O. The molecule has 3 heterocycles. The number of H-pyrrole nitrogens is 1. The first-order valence-electron chi connectivity index (χ1n) is 6.89. The number of fused-ring (bicyclic) bond motifs is 1. The Morgan fingerprint density at radius 2 is 2.20 bits per heavy atom. The number of likely N-dealkylation sites (tertiary alicyclic amines) is 1. The molecule has 2 aromatic rings. The van der Waals surface area contributed by atoms with Gasteiger partial charge in [-0.05, 0) is 48.3 Å². The first kappa shape index (κ1) is 13.6. The molecule has 3 N–H and O–H groups in total. The van der Waals surface area contributed by atoms with Crippen molar-refractivity contribution in [2.45, 2.75) is 19.3 Å². The van der Waals surface area contributed by atoms with Crippen molar-refractivity contribution in [1.29, 1.82) is 0 Å². The van der Waals surface area contributed by atoms with Gasteiger partial charge in [-0.15, -0.1) is 0 Å². The molecule has 1 aliphatic rings. The normalized spacial score (nSPS) is 16.1. The van der Waals surface area contributed by atoms with E-state index in [1.807, 2.05) is 0 Å². The van der Waals surface area contributed by atoms with Crippen LogP contribution in [0.3, 0.4) is 0 Å². The highest BCUT2D eigenvalue weighted by Gasteiger charge is 2.14. The predicted molar refractivity (Wildman–Crippen MR) is 81.8 cm³/mol. The predicted octanol–water partition coefficient (Wildman–Crippen LogP) is 2.17. The summed E-state index contributed by atoms with van der Waals surface area (Å²) in [5.41, 5.74) is 6.57. The Morgan fingerprint density at radius 3 is 3.00 bits per heavy atom. The van der Waals surface area contributed by atoms with Crippen LogP contribution in [0.4, 0.5) is 5.82 Å². The average Bonchev–Trinajstić information content (AvgIpc) is 3.07. The highest BCUT2D eigenvalue weighted by molar-refractivity contribution is 9.10. The molecule has 0 aliphatic carbocycles. The molecule has 1 aliphatic heterocycles. The molecule has 0 atom stereocenters. The second-order valence-electron chi connectivity index (χ2n) is 5.02. The third kappa shape index (κ3) is 2.73. The highest BCUT2D eigenvalue weighted by atomic mass is 79.9. The van der Waals surface area contributed by atoms with E-state index in [1.165, 1.54) is 25.9 Å². The molecule has 7 heteroatoms. The van der Waals surface area contributed by atoms with Gasteiger partial charge in [0.25, 0.3) is 0 Å². The quantitative estimate of drug-likeness (QED) is 0.816. The van der Waals surface area contributed by atoms with Gasteiger partial charge < -0.3 is 15.4 Å². The van der Waals surface area contributed by atoms with Crippen LogP contribution in [-0.2, 0) is 0 Å². The molecule has 0 amide bonds. The number of nitrogens with one attached hydrogen (secondary N) is 1. The van der Waals surface area contributed by atoms with Crippen molar-refractivity contribution >= 4 is 32.7 Å². The molecule has 0 spiro atoms. The number of aromatic amines is 1. The Balaban J connectivity index is 1.61. The van der Waals surface area contributed by atoms with Crippen LogP contribution in [0, 0.1) is 0 Å². The summed E-state index contributed by atoms with van der Waals surface area (Å²) in [6, 6.07) is 0. The van der Waals surface area contributed by atoms with Gasteiger partial charge in [0.1, 0.15) is 5.52 Å². The molecule has 0 unspecified atom stereocenters. The maximum atomic E-state index is 5.82. The Kier molecular flexibility index (Phi) is 4.07. The number of hydrogen-bond donors (Lipinski definition) is 2. The van der Waals surface area contributed by atoms with Crippen molar-refractivity contribution in [3.63, 3.8) is 0 Å². The fraction of sp³-hybridized carbons (Fsp3) is 0.538. The van der Waals surface area contributed by atoms with E-state index in [2.05, 4.69) is 36.0 Å². The minimum absolute atomic E-state index is 0.455. The summed E-state index contributed by atoms with van der Waals surface area (Å²) in [6.07, 6.45) is 5.35. The third-order valence-electron chi connectivity index (χ3n) is 3.60. The molecule has 0 saturated carbocycles. The van der Waals surface area contributed by atoms with Crippen LogP contribution in [-0.4, -0.2) is 46.3 Å². The second-order valence-corrected chi connectivity index (χ2v) is 5.88. The lowest BCUT2D eigenvalue weighted by Crippen LogP contribution is -2.22. The first-order chi connectivity index (χ1) is 9.75. The summed E-state index contributed by atoms with van der Waals surface area (Å²) >= 11 is 3.42. The number of nitrogens with zero attached hydrogens (tertiary/aromatic N) is 3. The number of pyridine rings is 1. The summed E-state index contributed by atoms with van der Waals surface area (Å²) < 4.78 is 6.58. The molecule has 0 aromatic carbocycles. The largest absolute Gasteiger partial charge is 0.476 e. The third-order valence-corrected chi connectivity index (χ3v) is 4.20. The first-order valence-corrected chi connectivity index (χ1v) is 7.68. The second kappa shape index (κ2) is 5.97. The van der Waals surface area contributed by atoms with Crippen molar-refractivity contribution in [2.24, 2.45) is 0 Å². The van der Waals surface area contributed by atoms with Gasteiger partial charge in [-0.2, -0.15) is 5.10 Å². The van der Waals surface area contributed by atoms with Crippen molar-refractivity contribution in [1.82, 2.24) is 20.1 Å². The number of hydrogen-bond acceptors (Lipinski definition) is 5. The van der Waals surface area contributed by atoms with E-state index in [4.69, 9.17) is 10.5 Å². The Bertz CT molecular complexity index is 594. The number of halogens is 1. The van der Waals surface area contributed by atoms with Crippen LogP contribution >= 0.6 is 15.9 Å². The number of ether oxygens (including phenoxy) is 1. The number of nitrogen functional groups attached to an aromatic ring is 1. The fourth-order valence-electron chi connectivity index (χ4n) is 2.57. The summed E-state index contributed by atoms with van der Waals surface area (Å²) in [4.78, 5) is 6.75. The number of nitrogens with two attached hydrogens (primary N) is 1. The molecule has 1 fully saturated rings. The molecule has 3 rings (SSSR count). The average molecular weight is 340 g/mol. The SMILES string of the molecule is Nc1n[nH]c2c(OCCCN3CCCC3)ncc(Br)c12. The zero-order valence-corrected chi connectivity index (χ0v) is 12.8. The van der Waals surface area contributed by atoms with Crippen molar-refractivity contribution in [3.05, 3.63) is 10.7 Å². The maximum Gasteiger partial charge on any atom is 0.240 e. The highest BCUT2D eigenvalue weighted by Crippen LogP contribution is 2.31. The van der Waals surface area contributed by atoms with Gasteiger partial charge in [-0.1, -0.05) is 0 Å². The van der Waals surface area contributed by atoms with Gasteiger partial charge in [0.05, 0.1) is 12.0 Å². The van der Waals surface area contributed by atoms with Gasteiger partial charge in [0.15, 0.2) is 5.82 Å². The molecule has 0 radical (unpaired) electrons. The molecular weight excluding hydrogens is 322 g/mol. The summed E-state index contributed by atoms with van der Waals surface area (Å²) in [7, 11) is 0.